The van der Waals surface area contributed by atoms with Gasteiger partial charge in [-0.05, 0) is 24.6 Å². The largest absolute Gasteiger partial charge is 0.347 e. The summed E-state index contributed by atoms with van der Waals surface area (Å²) in [5, 5.41) is 4.55. The average Bonchev–Trinajstić information content (AvgIpc) is 2.88. The molecule has 2 aromatic rings. The highest BCUT2D eigenvalue weighted by atomic mass is 35.5. The lowest BCUT2D eigenvalue weighted by Crippen LogP contribution is -2.24. The van der Waals surface area contributed by atoms with E-state index in [2.05, 4.69) is 22.2 Å². The number of nitrogens with one attached hydrogen (secondary N) is 2. The van der Waals surface area contributed by atoms with Gasteiger partial charge in [-0.25, -0.2) is 4.98 Å². The summed E-state index contributed by atoms with van der Waals surface area (Å²) in [4.78, 5) is 7.41. The van der Waals surface area contributed by atoms with Gasteiger partial charge < -0.3 is 10.3 Å². The Labute approximate surface area is 117 Å². The summed E-state index contributed by atoms with van der Waals surface area (Å²) < 4.78 is 0. The van der Waals surface area contributed by atoms with Crippen molar-refractivity contribution >= 4 is 23.2 Å². The number of imidazole rings is 1. The van der Waals surface area contributed by atoms with E-state index in [1.54, 1.807) is 18.5 Å². The summed E-state index contributed by atoms with van der Waals surface area (Å²) in [5.74, 6) is 0.840. The molecule has 18 heavy (non-hydrogen) atoms. The van der Waals surface area contributed by atoms with Gasteiger partial charge in [0.05, 0.1) is 16.1 Å². The number of halogens is 2. The van der Waals surface area contributed by atoms with E-state index < -0.39 is 0 Å². The van der Waals surface area contributed by atoms with Gasteiger partial charge in [-0.3, -0.25) is 0 Å². The van der Waals surface area contributed by atoms with Crippen molar-refractivity contribution in [2.24, 2.45) is 0 Å². The molecule has 96 valence electrons. The molecule has 0 saturated heterocycles. The Morgan fingerprint density at radius 2 is 2.22 bits per heavy atom. The number of H-pyrrole nitrogens is 1. The molecule has 1 aromatic heterocycles. The Hall–Kier alpha value is -1.03. The molecular formula is C13H15Cl2N3. The van der Waals surface area contributed by atoms with Crippen molar-refractivity contribution in [1.82, 2.24) is 15.3 Å². The van der Waals surface area contributed by atoms with E-state index >= 15 is 0 Å². The first-order valence-electron chi connectivity index (χ1n) is 5.90. The van der Waals surface area contributed by atoms with Crippen LogP contribution in [0.2, 0.25) is 10.0 Å². The fourth-order valence-corrected chi connectivity index (χ4v) is 2.24. The lowest BCUT2D eigenvalue weighted by atomic mass is 10.1. The van der Waals surface area contributed by atoms with Crippen LogP contribution in [0.5, 0.6) is 0 Å². The van der Waals surface area contributed by atoms with Crippen LogP contribution < -0.4 is 5.32 Å². The van der Waals surface area contributed by atoms with Crippen LogP contribution in [0.4, 0.5) is 0 Å². The Morgan fingerprint density at radius 1 is 1.39 bits per heavy atom. The van der Waals surface area contributed by atoms with Crippen LogP contribution in [0.25, 0.3) is 0 Å². The van der Waals surface area contributed by atoms with Crippen molar-refractivity contribution in [2.45, 2.75) is 19.4 Å². The molecule has 0 spiro atoms. The molecule has 1 heterocycles. The summed E-state index contributed by atoms with van der Waals surface area (Å²) in [6.45, 7) is 3.00. The zero-order valence-electron chi connectivity index (χ0n) is 10.1. The van der Waals surface area contributed by atoms with Crippen LogP contribution in [0.15, 0.2) is 30.6 Å². The Bertz CT molecular complexity index is 497. The predicted octanol–water partition coefficient (Wildman–Crippen LogP) is 3.81. The van der Waals surface area contributed by atoms with Crippen molar-refractivity contribution in [3.8, 4) is 0 Å². The molecule has 0 fully saturated rings. The van der Waals surface area contributed by atoms with Crippen molar-refractivity contribution in [3.05, 3.63) is 52.0 Å². The van der Waals surface area contributed by atoms with E-state index in [-0.39, 0.29) is 6.04 Å². The second kappa shape index (κ2) is 6.23. The Morgan fingerprint density at radius 3 is 2.89 bits per heavy atom. The molecule has 1 aromatic carbocycles. The Balaban J connectivity index is 2.37. The minimum Gasteiger partial charge on any atom is -0.347 e. The summed E-state index contributed by atoms with van der Waals surface area (Å²) in [5.41, 5.74) is 0.938. The standard InChI is InChI=1S/C13H15Cl2N3/c1-2-6-16-12(13-17-7-8-18-13)9-4-3-5-10(14)11(9)15/h3-5,7-8,12,16H,2,6H2,1H3,(H,17,18). The van der Waals surface area contributed by atoms with Crippen LogP contribution in [0.1, 0.15) is 30.8 Å². The number of aromatic amines is 1. The van der Waals surface area contributed by atoms with Gasteiger partial charge in [0.25, 0.3) is 0 Å². The second-order valence-corrected chi connectivity index (χ2v) is 4.79. The van der Waals surface area contributed by atoms with Crippen molar-refractivity contribution in [2.75, 3.05) is 6.54 Å². The smallest absolute Gasteiger partial charge is 0.127 e. The second-order valence-electron chi connectivity index (χ2n) is 4.00. The monoisotopic (exact) mass is 283 g/mol. The van der Waals surface area contributed by atoms with Gasteiger partial charge in [0.1, 0.15) is 5.82 Å². The molecule has 2 N–H and O–H groups in total. The lowest BCUT2D eigenvalue weighted by molar-refractivity contribution is 0.577. The van der Waals surface area contributed by atoms with Gasteiger partial charge in [-0.1, -0.05) is 42.3 Å². The lowest BCUT2D eigenvalue weighted by Gasteiger charge is -2.18. The zero-order valence-corrected chi connectivity index (χ0v) is 11.6. The third-order valence-electron chi connectivity index (χ3n) is 2.68. The molecule has 0 aliphatic carbocycles. The predicted molar refractivity (Wildman–Crippen MR) is 75.2 cm³/mol. The van der Waals surface area contributed by atoms with E-state index in [0.29, 0.717) is 10.0 Å². The van der Waals surface area contributed by atoms with Crippen molar-refractivity contribution in [1.29, 1.82) is 0 Å². The van der Waals surface area contributed by atoms with Crippen molar-refractivity contribution in [3.63, 3.8) is 0 Å². The molecule has 0 bridgehead atoms. The summed E-state index contributed by atoms with van der Waals surface area (Å²) in [6.07, 6.45) is 4.57. The summed E-state index contributed by atoms with van der Waals surface area (Å²) >= 11 is 12.3. The van der Waals surface area contributed by atoms with Crippen LogP contribution >= 0.6 is 23.2 Å². The van der Waals surface area contributed by atoms with Gasteiger partial charge >= 0.3 is 0 Å². The highest BCUT2D eigenvalue weighted by Crippen LogP contribution is 2.31. The maximum absolute atomic E-state index is 6.27. The van der Waals surface area contributed by atoms with Crippen LogP contribution in [0, 0.1) is 0 Å². The molecule has 0 aliphatic heterocycles. The van der Waals surface area contributed by atoms with Gasteiger partial charge in [0, 0.05) is 12.4 Å². The molecule has 5 heteroatoms. The molecule has 1 atom stereocenters. The van der Waals surface area contributed by atoms with Gasteiger partial charge in [-0.2, -0.15) is 0 Å². The summed E-state index contributed by atoms with van der Waals surface area (Å²) in [7, 11) is 0. The molecule has 0 radical (unpaired) electrons. The highest BCUT2D eigenvalue weighted by Gasteiger charge is 2.19. The first-order valence-corrected chi connectivity index (χ1v) is 6.66. The first-order chi connectivity index (χ1) is 8.74. The summed E-state index contributed by atoms with van der Waals surface area (Å²) in [6, 6.07) is 5.58. The number of nitrogens with zero attached hydrogens (tertiary/aromatic N) is 1. The number of aromatic nitrogens is 2. The van der Waals surface area contributed by atoms with E-state index in [0.717, 1.165) is 24.4 Å². The number of rotatable bonds is 5. The minimum atomic E-state index is -0.0638. The minimum absolute atomic E-state index is 0.0638. The quantitative estimate of drug-likeness (QED) is 0.876. The van der Waals surface area contributed by atoms with Crippen molar-refractivity contribution < 1.29 is 0 Å². The molecule has 2 rings (SSSR count). The number of hydrogen-bond acceptors (Lipinski definition) is 2. The Kier molecular flexibility index (Phi) is 4.64. The molecule has 1 unspecified atom stereocenters. The van der Waals surface area contributed by atoms with E-state index in [4.69, 9.17) is 23.2 Å². The van der Waals surface area contributed by atoms with Crippen LogP contribution in [0.3, 0.4) is 0 Å². The SMILES string of the molecule is CCCNC(c1ncc[nH]1)c1cccc(Cl)c1Cl. The van der Waals surface area contributed by atoms with E-state index in [1.165, 1.54) is 0 Å². The molecular weight excluding hydrogens is 269 g/mol. The van der Waals surface area contributed by atoms with Gasteiger partial charge in [-0.15, -0.1) is 0 Å². The highest BCUT2D eigenvalue weighted by molar-refractivity contribution is 6.42. The third-order valence-corrected chi connectivity index (χ3v) is 3.52. The zero-order chi connectivity index (χ0) is 13.0. The van der Waals surface area contributed by atoms with E-state index in [9.17, 15) is 0 Å². The fourth-order valence-electron chi connectivity index (χ4n) is 1.82. The normalized spacial score (nSPS) is 12.6. The first kappa shape index (κ1) is 13.4. The van der Waals surface area contributed by atoms with Gasteiger partial charge in [0.2, 0.25) is 0 Å². The third kappa shape index (κ3) is 2.86. The molecule has 3 nitrogen and oxygen atoms in total. The fraction of sp³-hybridized carbons (Fsp3) is 0.308. The molecule has 0 saturated carbocycles. The van der Waals surface area contributed by atoms with E-state index in [1.807, 2.05) is 12.1 Å². The van der Waals surface area contributed by atoms with Crippen LogP contribution in [-0.4, -0.2) is 16.5 Å². The number of hydrogen-bond donors (Lipinski definition) is 2. The maximum atomic E-state index is 6.27. The maximum Gasteiger partial charge on any atom is 0.127 e. The van der Waals surface area contributed by atoms with Gasteiger partial charge in [0.15, 0.2) is 0 Å². The topological polar surface area (TPSA) is 40.7 Å². The molecule has 0 amide bonds. The average molecular weight is 284 g/mol. The van der Waals surface area contributed by atoms with Crippen LogP contribution in [-0.2, 0) is 0 Å². The molecule has 0 aliphatic rings. The number of benzene rings is 1.